The molecule has 0 atom stereocenters. The Bertz CT molecular complexity index is 839. The first kappa shape index (κ1) is 23.6. The standard InChI is InChI=1S/C23H31F3N4/c1-8-13-29-17(4)18(5)30(14-12-16(2)3)22(27-28(7)19(29)6)20-10-9-11-21(15-20)23(24,25)26/h9-11,15-16H,4-6,8,12-14H2,1-3,7H3/b27-22-. The predicted molar refractivity (Wildman–Crippen MR) is 116 cm³/mol. The number of hydrazone groups is 1. The van der Waals surface area contributed by atoms with Crippen molar-refractivity contribution < 1.29 is 13.2 Å². The molecular formula is C23H31F3N4. The van der Waals surface area contributed by atoms with Crippen molar-refractivity contribution in [2.24, 2.45) is 11.0 Å². The van der Waals surface area contributed by atoms with Crippen molar-refractivity contribution >= 4 is 5.84 Å². The second-order valence-corrected chi connectivity index (χ2v) is 7.82. The molecule has 0 radical (unpaired) electrons. The van der Waals surface area contributed by atoms with Gasteiger partial charge in [0, 0.05) is 25.7 Å². The van der Waals surface area contributed by atoms with Gasteiger partial charge in [-0.1, -0.05) is 52.6 Å². The summed E-state index contributed by atoms with van der Waals surface area (Å²) < 4.78 is 40.0. The van der Waals surface area contributed by atoms with Gasteiger partial charge in [0.25, 0.3) is 0 Å². The van der Waals surface area contributed by atoms with Crippen molar-refractivity contribution in [1.29, 1.82) is 0 Å². The first-order chi connectivity index (χ1) is 14.0. The molecule has 0 aliphatic carbocycles. The molecule has 0 N–H and O–H groups in total. The smallest absolute Gasteiger partial charge is 0.326 e. The monoisotopic (exact) mass is 420 g/mol. The lowest BCUT2D eigenvalue weighted by molar-refractivity contribution is -0.137. The number of alkyl halides is 3. The maximum absolute atomic E-state index is 13.3. The second kappa shape index (κ2) is 9.41. The van der Waals surface area contributed by atoms with Gasteiger partial charge in [-0.3, -0.25) is 5.01 Å². The molecule has 164 valence electrons. The number of nitrogens with zero attached hydrogens (tertiary/aromatic N) is 4. The van der Waals surface area contributed by atoms with Crippen LogP contribution in [0.3, 0.4) is 0 Å². The van der Waals surface area contributed by atoms with E-state index >= 15 is 0 Å². The fourth-order valence-corrected chi connectivity index (χ4v) is 3.19. The molecule has 0 spiro atoms. The third-order valence-corrected chi connectivity index (χ3v) is 5.00. The highest BCUT2D eigenvalue weighted by Gasteiger charge is 2.32. The van der Waals surface area contributed by atoms with Crippen LogP contribution in [-0.2, 0) is 6.18 Å². The lowest BCUT2D eigenvalue weighted by atomic mass is 10.1. The minimum atomic E-state index is -4.44. The van der Waals surface area contributed by atoms with Crippen LogP contribution in [0.5, 0.6) is 0 Å². The van der Waals surface area contributed by atoms with Gasteiger partial charge in [0.15, 0.2) is 5.84 Å². The lowest BCUT2D eigenvalue weighted by Crippen LogP contribution is -2.42. The molecule has 0 amide bonds. The number of hydrogen-bond donors (Lipinski definition) is 0. The van der Waals surface area contributed by atoms with E-state index in [2.05, 4.69) is 45.6 Å². The lowest BCUT2D eigenvalue weighted by Gasteiger charge is -2.40. The Morgan fingerprint density at radius 3 is 2.23 bits per heavy atom. The number of hydrogen-bond acceptors (Lipinski definition) is 4. The molecule has 1 aliphatic rings. The number of amidine groups is 1. The van der Waals surface area contributed by atoms with Crippen LogP contribution in [0, 0.1) is 5.92 Å². The molecule has 4 nitrogen and oxygen atoms in total. The maximum atomic E-state index is 13.3. The first-order valence-corrected chi connectivity index (χ1v) is 10.1. The summed E-state index contributed by atoms with van der Waals surface area (Å²) in [7, 11) is 1.74. The fourth-order valence-electron chi connectivity index (χ4n) is 3.19. The second-order valence-electron chi connectivity index (χ2n) is 7.82. The van der Waals surface area contributed by atoms with E-state index in [4.69, 9.17) is 0 Å². The van der Waals surface area contributed by atoms with Gasteiger partial charge in [-0.15, -0.1) is 0 Å². The van der Waals surface area contributed by atoms with E-state index in [1.54, 1.807) is 18.1 Å². The predicted octanol–water partition coefficient (Wildman–Crippen LogP) is 5.87. The zero-order valence-corrected chi connectivity index (χ0v) is 18.3. The van der Waals surface area contributed by atoms with E-state index < -0.39 is 11.7 Å². The van der Waals surface area contributed by atoms with Crippen LogP contribution in [0.15, 0.2) is 66.3 Å². The van der Waals surface area contributed by atoms with Crippen LogP contribution in [0.1, 0.15) is 44.7 Å². The Hall–Kier alpha value is -2.70. The maximum Gasteiger partial charge on any atom is 0.416 e. The van der Waals surface area contributed by atoms with Gasteiger partial charge in [0.05, 0.1) is 17.0 Å². The summed E-state index contributed by atoms with van der Waals surface area (Å²) in [5.74, 6) is 1.39. The van der Waals surface area contributed by atoms with E-state index in [9.17, 15) is 13.2 Å². The Morgan fingerprint density at radius 1 is 1.03 bits per heavy atom. The van der Waals surface area contributed by atoms with Crippen LogP contribution < -0.4 is 0 Å². The summed E-state index contributed by atoms with van der Waals surface area (Å²) in [5.41, 5.74) is 0.921. The summed E-state index contributed by atoms with van der Waals surface area (Å²) >= 11 is 0. The van der Waals surface area contributed by atoms with Crippen LogP contribution >= 0.6 is 0 Å². The van der Waals surface area contributed by atoms with Crippen molar-refractivity contribution in [2.45, 2.75) is 39.8 Å². The van der Waals surface area contributed by atoms with Gasteiger partial charge in [0.2, 0.25) is 0 Å². The van der Waals surface area contributed by atoms with Crippen molar-refractivity contribution in [3.63, 3.8) is 0 Å². The highest BCUT2D eigenvalue weighted by atomic mass is 19.4. The molecular weight excluding hydrogens is 389 g/mol. The summed E-state index contributed by atoms with van der Waals surface area (Å²) in [5, 5.41) is 6.24. The summed E-state index contributed by atoms with van der Waals surface area (Å²) in [6, 6.07) is 5.22. The largest absolute Gasteiger partial charge is 0.416 e. The molecule has 1 heterocycles. The van der Waals surface area contributed by atoms with E-state index in [1.807, 2.05) is 9.80 Å². The van der Waals surface area contributed by atoms with E-state index in [0.717, 1.165) is 25.0 Å². The van der Waals surface area contributed by atoms with Crippen molar-refractivity contribution in [1.82, 2.24) is 14.8 Å². The summed E-state index contributed by atoms with van der Waals surface area (Å²) in [6.07, 6.45) is -2.74. The van der Waals surface area contributed by atoms with Gasteiger partial charge >= 0.3 is 6.18 Å². The fraction of sp³-hybridized carbons (Fsp3) is 0.435. The van der Waals surface area contributed by atoms with Crippen molar-refractivity contribution in [3.05, 3.63) is 72.3 Å². The van der Waals surface area contributed by atoms with E-state index in [0.29, 0.717) is 47.6 Å². The average molecular weight is 421 g/mol. The Morgan fingerprint density at radius 2 is 1.67 bits per heavy atom. The van der Waals surface area contributed by atoms with Crippen molar-refractivity contribution in [3.8, 4) is 0 Å². The molecule has 0 aromatic heterocycles. The molecule has 1 aromatic rings. The molecule has 1 aliphatic heterocycles. The number of benzene rings is 1. The molecule has 1 aromatic carbocycles. The molecule has 0 fully saturated rings. The highest BCUT2D eigenvalue weighted by molar-refractivity contribution is 6.00. The Balaban J connectivity index is 2.63. The minimum Gasteiger partial charge on any atom is -0.326 e. The minimum absolute atomic E-state index is 0.367. The zero-order valence-electron chi connectivity index (χ0n) is 18.3. The summed E-state index contributed by atoms with van der Waals surface area (Å²) in [4.78, 5) is 3.81. The van der Waals surface area contributed by atoms with Gasteiger partial charge in [0.1, 0.15) is 5.82 Å². The SMILES string of the molecule is C=C1C(=C)N(CCC(C)C)/C(c2cccc(C(F)(F)F)c2)=N\N(C)C(=C)N1CCC. The van der Waals surface area contributed by atoms with Gasteiger partial charge in [-0.2, -0.15) is 18.3 Å². The molecule has 7 heteroatoms. The van der Waals surface area contributed by atoms with E-state index in [-0.39, 0.29) is 0 Å². The topological polar surface area (TPSA) is 22.1 Å². The number of halogens is 3. The normalized spacial score (nSPS) is 17.9. The van der Waals surface area contributed by atoms with Crippen LogP contribution in [0.4, 0.5) is 13.2 Å². The van der Waals surface area contributed by atoms with Gasteiger partial charge in [-0.05, 0) is 30.9 Å². The van der Waals surface area contributed by atoms with Crippen LogP contribution in [0.2, 0.25) is 0 Å². The molecule has 0 saturated heterocycles. The highest BCUT2D eigenvalue weighted by Crippen LogP contribution is 2.32. The molecule has 0 bridgehead atoms. The Kier molecular flexibility index (Phi) is 7.39. The van der Waals surface area contributed by atoms with E-state index in [1.165, 1.54) is 6.07 Å². The van der Waals surface area contributed by atoms with Gasteiger partial charge < -0.3 is 9.80 Å². The molecule has 2 rings (SSSR count). The third-order valence-electron chi connectivity index (χ3n) is 5.00. The molecule has 0 saturated carbocycles. The van der Waals surface area contributed by atoms with Gasteiger partial charge in [-0.25, -0.2) is 0 Å². The molecule has 30 heavy (non-hydrogen) atoms. The summed E-state index contributed by atoms with van der Waals surface area (Å²) in [6.45, 7) is 20.0. The quantitative estimate of drug-likeness (QED) is 0.575. The number of rotatable bonds is 6. The van der Waals surface area contributed by atoms with Crippen molar-refractivity contribution in [2.75, 3.05) is 20.1 Å². The first-order valence-electron chi connectivity index (χ1n) is 10.1. The zero-order chi connectivity index (χ0) is 22.6. The van der Waals surface area contributed by atoms with Crippen LogP contribution in [-0.4, -0.2) is 40.8 Å². The Labute approximate surface area is 177 Å². The average Bonchev–Trinajstić information content (AvgIpc) is 2.68. The molecule has 0 unspecified atom stereocenters. The third kappa shape index (κ3) is 5.26. The van der Waals surface area contributed by atoms with Crippen LogP contribution in [0.25, 0.3) is 0 Å².